The minimum absolute atomic E-state index is 0.127. The van der Waals surface area contributed by atoms with Gasteiger partial charge >= 0.3 is 5.97 Å². The summed E-state index contributed by atoms with van der Waals surface area (Å²) in [7, 11) is 0. The number of rotatable bonds is 2. The van der Waals surface area contributed by atoms with Gasteiger partial charge in [-0.15, -0.1) is 0 Å². The summed E-state index contributed by atoms with van der Waals surface area (Å²) in [6.45, 7) is 1.66. The van der Waals surface area contributed by atoms with E-state index in [4.69, 9.17) is 5.11 Å². The molecule has 0 fully saturated rings. The van der Waals surface area contributed by atoms with Crippen LogP contribution in [-0.4, -0.2) is 26.0 Å². The van der Waals surface area contributed by atoms with E-state index in [1.807, 2.05) is 0 Å². The topological polar surface area (TPSA) is 78.9 Å². The molecule has 2 heterocycles. The molecule has 2 aromatic rings. The van der Waals surface area contributed by atoms with Gasteiger partial charge in [-0.05, 0) is 19.1 Å². The Balaban J connectivity index is 2.48. The molecule has 5 heteroatoms. The van der Waals surface area contributed by atoms with Gasteiger partial charge in [-0.25, -0.2) is 9.78 Å². The number of aryl methyl sites for hydroxylation is 1. The van der Waals surface area contributed by atoms with Crippen LogP contribution in [0.2, 0.25) is 0 Å². The SMILES string of the molecule is Cc1nc(-c2ccncc2)[nH]c1C(=O)O. The van der Waals surface area contributed by atoms with Crippen LogP contribution in [0.5, 0.6) is 0 Å². The van der Waals surface area contributed by atoms with Gasteiger partial charge in [0.15, 0.2) is 0 Å². The van der Waals surface area contributed by atoms with Gasteiger partial charge in [-0.3, -0.25) is 4.98 Å². The normalized spacial score (nSPS) is 10.2. The summed E-state index contributed by atoms with van der Waals surface area (Å²) in [5.41, 5.74) is 1.43. The lowest BCUT2D eigenvalue weighted by molar-refractivity contribution is 0.0690. The number of aromatic carboxylic acids is 1. The first kappa shape index (κ1) is 9.39. The van der Waals surface area contributed by atoms with E-state index in [0.717, 1.165) is 5.56 Å². The van der Waals surface area contributed by atoms with Crippen LogP contribution in [0, 0.1) is 6.92 Å². The number of carboxylic acids is 1. The molecule has 0 bridgehead atoms. The molecule has 0 unspecified atom stereocenters. The number of carboxylic acid groups (broad SMARTS) is 1. The molecule has 5 nitrogen and oxygen atoms in total. The van der Waals surface area contributed by atoms with E-state index in [1.165, 1.54) is 0 Å². The van der Waals surface area contributed by atoms with E-state index in [0.29, 0.717) is 11.5 Å². The van der Waals surface area contributed by atoms with Crippen molar-refractivity contribution >= 4 is 5.97 Å². The van der Waals surface area contributed by atoms with Crippen molar-refractivity contribution < 1.29 is 9.90 Å². The molecular formula is C10H9N3O2. The van der Waals surface area contributed by atoms with Crippen LogP contribution >= 0.6 is 0 Å². The van der Waals surface area contributed by atoms with Crippen molar-refractivity contribution in [3.8, 4) is 11.4 Å². The van der Waals surface area contributed by atoms with Gasteiger partial charge in [-0.1, -0.05) is 0 Å². The number of aromatic amines is 1. The highest BCUT2D eigenvalue weighted by Gasteiger charge is 2.13. The van der Waals surface area contributed by atoms with Gasteiger partial charge in [0, 0.05) is 18.0 Å². The first-order valence-corrected chi connectivity index (χ1v) is 4.39. The van der Waals surface area contributed by atoms with Gasteiger partial charge in [0.1, 0.15) is 11.5 Å². The fraction of sp³-hybridized carbons (Fsp3) is 0.100. The van der Waals surface area contributed by atoms with Gasteiger partial charge in [0.2, 0.25) is 0 Å². The lowest BCUT2D eigenvalue weighted by atomic mass is 10.2. The average molecular weight is 203 g/mol. The van der Waals surface area contributed by atoms with Crippen LogP contribution in [0.15, 0.2) is 24.5 Å². The van der Waals surface area contributed by atoms with Crippen LogP contribution in [-0.2, 0) is 0 Å². The fourth-order valence-electron chi connectivity index (χ4n) is 1.32. The number of nitrogens with one attached hydrogen (secondary N) is 1. The Hall–Kier alpha value is -2.17. The average Bonchev–Trinajstić information content (AvgIpc) is 2.62. The first-order valence-electron chi connectivity index (χ1n) is 4.39. The number of nitrogens with zero attached hydrogens (tertiary/aromatic N) is 2. The van der Waals surface area contributed by atoms with Crippen LogP contribution < -0.4 is 0 Å². The molecule has 0 atom stereocenters. The van der Waals surface area contributed by atoms with Crippen molar-refractivity contribution in [3.05, 3.63) is 35.9 Å². The highest BCUT2D eigenvalue weighted by Crippen LogP contribution is 2.16. The Morgan fingerprint density at radius 2 is 2.07 bits per heavy atom. The minimum atomic E-state index is -1.000. The zero-order valence-corrected chi connectivity index (χ0v) is 8.06. The molecule has 2 N–H and O–H groups in total. The standard InChI is InChI=1S/C10H9N3O2/c1-6-8(10(14)15)13-9(12-6)7-2-4-11-5-3-7/h2-5H,1H3,(H,12,13)(H,14,15). The molecule has 0 amide bonds. The van der Waals surface area contributed by atoms with E-state index >= 15 is 0 Å². The number of imidazole rings is 1. The summed E-state index contributed by atoms with van der Waals surface area (Å²) in [6, 6.07) is 3.54. The van der Waals surface area contributed by atoms with E-state index < -0.39 is 5.97 Å². The number of aromatic nitrogens is 3. The van der Waals surface area contributed by atoms with Crippen molar-refractivity contribution in [1.29, 1.82) is 0 Å². The second-order valence-corrected chi connectivity index (χ2v) is 3.09. The maximum atomic E-state index is 10.8. The number of H-pyrrole nitrogens is 1. The predicted molar refractivity (Wildman–Crippen MR) is 53.5 cm³/mol. The third-order valence-electron chi connectivity index (χ3n) is 2.05. The summed E-state index contributed by atoms with van der Waals surface area (Å²) < 4.78 is 0. The summed E-state index contributed by atoms with van der Waals surface area (Å²) in [5, 5.41) is 8.84. The fourth-order valence-corrected chi connectivity index (χ4v) is 1.32. The monoisotopic (exact) mass is 203 g/mol. The van der Waals surface area contributed by atoms with Crippen LogP contribution in [0.3, 0.4) is 0 Å². The maximum absolute atomic E-state index is 10.8. The molecule has 76 valence electrons. The summed E-state index contributed by atoms with van der Waals surface area (Å²) in [6.07, 6.45) is 3.27. The number of carbonyl (C=O) groups is 1. The molecule has 0 aromatic carbocycles. The maximum Gasteiger partial charge on any atom is 0.354 e. The highest BCUT2D eigenvalue weighted by atomic mass is 16.4. The molecule has 0 saturated heterocycles. The summed E-state index contributed by atoms with van der Waals surface area (Å²) in [4.78, 5) is 21.6. The lowest BCUT2D eigenvalue weighted by Gasteiger charge is -1.93. The third kappa shape index (κ3) is 1.71. The summed E-state index contributed by atoms with van der Waals surface area (Å²) in [5.74, 6) is -0.451. The Labute approximate surface area is 85.8 Å². The van der Waals surface area contributed by atoms with Crippen molar-refractivity contribution in [2.45, 2.75) is 6.92 Å². The Bertz CT molecular complexity index is 491. The second-order valence-electron chi connectivity index (χ2n) is 3.09. The zero-order valence-electron chi connectivity index (χ0n) is 8.06. The van der Waals surface area contributed by atoms with Gasteiger partial charge in [-0.2, -0.15) is 0 Å². The van der Waals surface area contributed by atoms with Crippen LogP contribution in [0.25, 0.3) is 11.4 Å². The Kier molecular flexibility index (Phi) is 2.21. The van der Waals surface area contributed by atoms with E-state index in [-0.39, 0.29) is 5.69 Å². The predicted octanol–water partition coefficient (Wildman–Crippen LogP) is 1.48. The number of pyridine rings is 1. The van der Waals surface area contributed by atoms with E-state index in [9.17, 15) is 4.79 Å². The molecule has 2 aromatic heterocycles. The number of hydrogen-bond donors (Lipinski definition) is 2. The lowest BCUT2D eigenvalue weighted by Crippen LogP contribution is -1.98. The minimum Gasteiger partial charge on any atom is -0.477 e. The van der Waals surface area contributed by atoms with Gasteiger partial charge in [0.25, 0.3) is 0 Å². The highest BCUT2D eigenvalue weighted by molar-refractivity contribution is 5.87. The summed E-state index contributed by atoms with van der Waals surface area (Å²) >= 11 is 0. The van der Waals surface area contributed by atoms with Crippen LogP contribution in [0.1, 0.15) is 16.2 Å². The molecule has 0 aliphatic rings. The largest absolute Gasteiger partial charge is 0.477 e. The molecular weight excluding hydrogens is 194 g/mol. The zero-order chi connectivity index (χ0) is 10.8. The Morgan fingerprint density at radius 1 is 1.40 bits per heavy atom. The molecule has 0 spiro atoms. The van der Waals surface area contributed by atoms with E-state index in [1.54, 1.807) is 31.5 Å². The molecule has 2 rings (SSSR count). The smallest absolute Gasteiger partial charge is 0.354 e. The van der Waals surface area contributed by atoms with Gasteiger partial charge in [0.05, 0.1) is 5.69 Å². The second kappa shape index (κ2) is 3.53. The van der Waals surface area contributed by atoms with Crippen LogP contribution in [0.4, 0.5) is 0 Å². The van der Waals surface area contributed by atoms with Crippen molar-refractivity contribution in [1.82, 2.24) is 15.0 Å². The van der Waals surface area contributed by atoms with E-state index in [2.05, 4.69) is 15.0 Å². The van der Waals surface area contributed by atoms with Crippen molar-refractivity contribution in [3.63, 3.8) is 0 Å². The molecule has 0 radical (unpaired) electrons. The third-order valence-corrected chi connectivity index (χ3v) is 2.05. The molecule has 0 aliphatic carbocycles. The first-order chi connectivity index (χ1) is 7.18. The molecule has 0 aliphatic heterocycles. The Morgan fingerprint density at radius 3 is 2.60 bits per heavy atom. The molecule has 0 saturated carbocycles. The quantitative estimate of drug-likeness (QED) is 0.774. The molecule has 15 heavy (non-hydrogen) atoms. The van der Waals surface area contributed by atoms with Crippen molar-refractivity contribution in [2.75, 3.05) is 0 Å². The van der Waals surface area contributed by atoms with Gasteiger partial charge < -0.3 is 10.1 Å². The van der Waals surface area contributed by atoms with Crippen molar-refractivity contribution in [2.24, 2.45) is 0 Å². The number of hydrogen-bond acceptors (Lipinski definition) is 3.